The summed E-state index contributed by atoms with van der Waals surface area (Å²) in [6.07, 6.45) is 2.67. The van der Waals surface area contributed by atoms with Crippen LogP contribution in [0.5, 0.6) is 0 Å². The van der Waals surface area contributed by atoms with Crippen LogP contribution in [0.2, 0.25) is 0 Å². The molecule has 0 aromatic heterocycles. The molecule has 0 atom stereocenters. The smallest absolute Gasteiger partial charge is 0.369 e. The van der Waals surface area contributed by atoms with Gasteiger partial charge in [-0.3, -0.25) is 9.69 Å². The third-order valence-corrected chi connectivity index (χ3v) is 6.69. The Morgan fingerprint density at radius 3 is 2.31 bits per heavy atom. The van der Waals surface area contributed by atoms with Crippen molar-refractivity contribution in [2.45, 2.75) is 63.6 Å². The van der Waals surface area contributed by atoms with Crippen LogP contribution in [0.15, 0.2) is 24.3 Å². The topological polar surface area (TPSA) is 59.4 Å². The molecule has 32 heavy (non-hydrogen) atoms. The highest BCUT2D eigenvalue weighted by Crippen LogP contribution is 2.31. The molecule has 0 radical (unpaired) electrons. The van der Waals surface area contributed by atoms with Crippen LogP contribution in [0.3, 0.4) is 0 Å². The molecule has 1 heterocycles. The van der Waals surface area contributed by atoms with E-state index in [9.17, 15) is 18.0 Å². The van der Waals surface area contributed by atoms with Crippen molar-refractivity contribution in [1.29, 1.82) is 5.26 Å². The zero-order valence-corrected chi connectivity index (χ0v) is 18.5. The van der Waals surface area contributed by atoms with Gasteiger partial charge in [0, 0.05) is 50.7 Å². The Kier molecular flexibility index (Phi) is 8.80. The Hall–Kier alpha value is -2.27. The summed E-state index contributed by atoms with van der Waals surface area (Å²) in [4.78, 5) is 16.5. The molecule has 3 rings (SSSR count). The molecule has 1 aliphatic heterocycles. The van der Waals surface area contributed by atoms with Crippen LogP contribution in [-0.2, 0) is 11.0 Å². The summed E-state index contributed by atoms with van der Waals surface area (Å²) in [5.74, 6) is 0.754. The molecule has 2 fully saturated rings. The van der Waals surface area contributed by atoms with Gasteiger partial charge in [-0.15, -0.1) is 0 Å². The van der Waals surface area contributed by atoms with Crippen molar-refractivity contribution in [3.05, 3.63) is 29.8 Å². The number of alkyl halides is 3. The van der Waals surface area contributed by atoms with Crippen LogP contribution in [0.1, 0.15) is 56.9 Å². The Balaban J connectivity index is 1.31. The van der Waals surface area contributed by atoms with Gasteiger partial charge < -0.3 is 10.2 Å². The Morgan fingerprint density at radius 2 is 1.72 bits per heavy atom. The minimum Gasteiger partial charge on any atom is -0.369 e. The van der Waals surface area contributed by atoms with Gasteiger partial charge in [-0.05, 0) is 75.3 Å². The number of anilines is 1. The van der Waals surface area contributed by atoms with Gasteiger partial charge in [0.1, 0.15) is 0 Å². The average molecular weight is 451 g/mol. The zero-order chi connectivity index (χ0) is 23.0. The minimum absolute atomic E-state index is 0.0645. The van der Waals surface area contributed by atoms with E-state index in [1.165, 1.54) is 0 Å². The maximum Gasteiger partial charge on any atom is 0.416 e. The van der Waals surface area contributed by atoms with Crippen molar-refractivity contribution in [2.75, 3.05) is 37.6 Å². The molecule has 1 N–H and O–H groups in total. The predicted molar refractivity (Wildman–Crippen MR) is 118 cm³/mol. The molecule has 176 valence electrons. The van der Waals surface area contributed by atoms with E-state index in [0.29, 0.717) is 25.2 Å². The van der Waals surface area contributed by atoms with E-state index in [0.717, 1.165) is 82.6 Å². The predicted octanol–water partition coefficient (Wildman–Crippen LogP) is 4.59. The molecule has 1 aromatic rings. The second kappa shape index (κ2) is 11.6. The van der Waals surface area contributed by atoms with Gasteiger partial charge in [0.25, 0.3) is 0 Å². The summed E-state index contributed by atoms with van der Waals surface area (Å²) in [5.41, 5.74) is 0.249. The molecular formula is C24H33F3N4O. The first-order valence-electron chi connectivity index (χ1n) is 11.7. The first-order chi connectivity index (χ1) is 15.3. The van der Waals surface area contributed by atoms with Crippen molar-refractivity contribution < 1.29 is 18.0 Å². The zero-order valence-electron chi connectivity index (χ0n) is 18.5. The van der Waals surface area contributed by atoms with Crippen molar-refractivity contribution in [3.8, 4) is 6.07 Å². The Morgan fingerprint density at radius 1 is 1.06 bits per heavy atom. The van der Waals surface area contributed by atoms with E-state index in [1.54, 1.807) is 12.1 Å². The van der Waals surface area contributed by atoms with Crippen LogP contribution in [0, 0.1) is 17.2 Å². The van der Waals surface area contributed by atoms with Gasteiger partial charge in [0.2, 0.25) is 5.91 Å². The highest BCUT2D eigenvalue weighted by atomic mass is 19.4. The average Bonchev–Trinajstić information content (AvgIpc) is 2.79. The number of unbranched alkanes of at least 4 members (excludes halogenated alkanes) is 1. The number of amides is 1. The minimum atomic E-state index is -4.29. The summed E-state index contributed by atoms with van der Waals surface area (Å²) >= 11 is 0. The molecule has 1 aromatic carbocycles. The standard InChI is InChI=1S/C24H33F3N4O/c25-24(26,27)20-6-10-22(11-7-20)31-17-15-30(16-18-31)14-12-19-4-8-21(9-5-19)29-23(32)3-1-2-13-28/h6-7,10-11,19,21H,1-5,8-9,12,14-18H2,(H,29,32). The second-order valence-corrected chi connectivity index (χ2v) is 8.96. The van der Waals surface area contributed by atoms with Crippen LogP contribution >= 0.6 is 0 Å². The molecule has 1 aliphatic carbocycles. The summed E-state index contributed by atoms with van der Waals surface area (Å²) < 4.78 is 38.2. The SMILES string of the molecule is N#CCCCC(=O)NC1CCC(CCN2CCN(c3ccc(C(F)(F)F)cc3)CC2)CC1. The van der Waals surface area contributed by atoms with E-state index in [2.05, 4.69) is 21.2 Å². The number of carbonyl (C=O) groups is 1. The molecule has 1 saturated heterocycles. The summed E-state index contributed by atoms with van der Waals surface area (Å²) in [6, 6.07) is 7.79. The van der Waals surface area contributed by atoms with E-state index in [1.807, 2.05) is 0 Å². The fraction of sp³-hybridized carbons (Fsp3) is 0.667. The number of benzene rings is 1. The molecule has 0 unspecified atom stereocenters. The first kappa shape index (κ1) is 24.4. The quantitative estimate of drug-likeness (QED) is 0.589. The van der Waals surface area contributed by atoms with Gasteiger partial charge >= 0.3 is 6.18 Å². The lowest BCUT2D eigenvalue weighted by molar-refractivity contribution is -0.137. The second-order valence-electron chi connectivity index (χ2n) is 8.96. The molecule has 2 aliphatic rings. The fourth-order valence-corrected chi connectivity index (χ4v) is 4.68. The van der Waals surface area contributed by atoms with E-state index in [-0.39, 0.29) is 11.9 Å². The number of nitrogens with zero attached hydrogens (tertiary/aromatic N) is 3. The monoisotopic (exact) mass is 450 g/mol. The molecule has 0 bridgehead atoms. The van der Waals surface area contributed by atoms with Crippen molar-refractivity contribution in [2.24, 2.45) is 5.92 Å². The number of nitriles is 1. The normalized spacial score (nSPS) is 22.4. The van der Waals surface area contributed by atoms with Crippen molar-refractivity contribution >= 4 is 11.6 Å². The number of nitrogens with one attached hydrogen (secondary N) is 1. The summed E-state index contributed by atoms with van der Waals surface area (Å²) in [6.45, 7) is 4.56. The molecular weight excluding hydrogens is 417 g/mol. The maximum atomic E-state index is 12.7. The number of piperazine rings is 1. The lowest BCUT2D eigenvalue weighted by Crippen LogP contribution is -2.47. The van der Waals surface area contributed by atoms with Gasteiger partial charge in [0.05, 0.1) is 11.6 Å². The van der Waals surface area contributed by atoms with Crippen molar-refractivity contribution in [1.82, 2.24) is 10.2 Å². The molecule has 1 saturated carbocycles. The lowest BCUT2D eigenvalue weighted by atomic mass is 9.84. The Bertz CT molecular complexity index is 759. The summed E-state index contributed by atoms with van der Waals surface area (Å²) in [5, 5.41) is 11.7. The van der Waals surface area contributed by atoms with Crippen LogP contribution in [0.25, 0.3) is 0 Å². The number of rotatable bonds is 8. The first-order valence-corrected chi connectivity index (χ1v) is 11.7. The number of hydrogen-bond acceptors (Lipinski definition) is 4. The highest BCUT2D eigenvalue weighted by Gasteiger charge is 2.30. The summed E-state index contributed by atoms with van der Waals surface area (Å²) in [7, 11) is 0. The third kappa shape index (κ3) is 7.40. The molecule has 0 spiro atoms. The van der Waals surface area contributed by atoms with E-state index >= 15 is 0 Å². The van der Waals surface area contributed by atoms with E-state index < -0.39 is 11.7 Å². The number of carbonyl (C=O) groups excluding carboxylic acids is 1. The van der Waals surface area contributed by atoms with Crippen LogP contribution in [0.4, 0.5) is 18.9 Å². The van der Waals surface area contributed by atoms with Gasteiger partial charge in [-0.2, -0.15) is 18.4 Å². The van der Waals surface area contributed by atoms with Crippen LogP contribution in [-0.4, -0.2) is 49.6 Å². The fourth-order valence-electron chi connectivity index (χ4n) is 4.68. The van der Waals surface area contributed by atoms with Crippen molar-refractivity contribution in [3.63, 3.8) is 0 Å². The molecule has 8 heteroatoms. The number of halogens is 3. The molecule has 5 nitrogen and oxygen atoms in total. The van der Waals surface area contributed by atoms with Gasteiger partial charge in [-0.1, -0.05) is 0 Å². The number of hydrogen-bond donors (Lipinski definition) is 1. The van der Waals surface area contributed by atoms with Crippen LogP contribution < -0.4 is 10.2 Å². The maximum absolute atomic E-state index is 12.7. The van der Waals surface area contributed by atoms with E-state index in [4.69, 9.17) is 5.26 Å². The largest absolute Gasteiger partial charge is 0.416 e. The highest BCUT2D eigenvalue weighted by molar-refractivity contribution is 5.76. The lowest BCUT2D eigenvalue weighted by Gasteiger charge is -2.37. The molecule has 1 amide bonds. The van der Waals surface area contributed by atoms with Gasteiger partial charge in [-0.25, -0.2) is 0 Å². The van der Waals surface area contributed by atoms with Gasteiger partial charge in [0.15, 0.2) is 0 Å². The Labute approximate surface area is 188 Å². The third-order valence-electron chi connectivity index (χ3n) is 6.69.